The van der Waals surface area contributed by atoms with Crippen molar-refractivity contribution in [2.45, 2.75) is 65.5 Å². The average Bonchev–Trinajstić information content (AvgIpc) is 2.91. The summed E-state index contributed by atoms with van der Waals surface area (Å²) in [5, 5.41) is 3.26. The number of hydrogen-bond acceptors (Lipinski definition) is 4. The Hall–Kier alpha value is -2.08. The Labute approximate surface area is 161 Å². The summed E-state index contributed by atoms with van der Waals surface area (Å²) < 4.78 is 7.50. The van der Waals surface area contributed by atoms with Gasteiger partial charge >= 0.3 is 0 Å². The van der Waals surface area contributed by atoms with Crippen LogP contribution in [0, 0.1) is 6.92 Å². The van der Waals surface area contributed by atoms with Crippen LogP contribution >= 0.6 is 0 Å². The molecule has 1 N–H and O–H groups in total. The van der Waals surface area contributed by atoms with Gasteiger partial charge in [-0.1, -0.05) is 13.8 Å². The highest BCUT2D eigenvalue weighted by molar-refractivity contribution is 5.95. The second-order valence-electron chi connectivity index (χ2n) is 7.44. The molecule has 2 aromatic rings. The number of amides is 1. The molecule has 4 rings (SSSR count). The summed E-state index contributed by atoms with van der Waals surface area (Å²) >= 11 is 0. The molecule has 1 amide bonds. The van der Waals surface area contributed by atoms with Gasteiger partial charge in [0.05, 0.1) is 12.3 Å². The summed E-state index contributed by atoms with van der Waals surface area (Å²) in [4.78, 5) is 20.1. The van der Waals surface area contributed by atoms with Crippen LogP contribution in [0.25, 0.3) is 5.65 Å². The van der Waals surface area contributed by atoms with E-state index in [1.165, 1.54) is 25.8 Å². The fourth-order valence-corrected chi connectivity index (χ4v) is 4.16. The van der Waals surface area contributed by atoms with E-state index in [0.717, 1.165) is 31.1 Å². The van der Waals surface area contributed by atoms with Crippen LogP contribution in [-0.2, 0) is 0 Å². The van der Waals surface area contributed by atoms with Crippen molar-refractivity contribution in [2.24, 2.45) is 0 Å². The molecule has 2 aromatic heterocycles. The Morgan fingerprint density at radius 3 is 2.85 bits per heavy atom. The number of aryl methyl sites for hydroxylation is 1. The number of piperidine rings is 1. The number of ether oxygens (including phenoxy) is 1. The monoisotopic (exact) mass is 372 g/mol. The van der Waals surface area contributed by atoms with Crippen molar-refractivity contribution in [2.75, 3.05) is 19.7 Å². The summed E-state index contributed by atoms with van der Waals surface area (Å²) in [6, 6.07) is 4.75. The number of pyridine rings is 1. The van der Waals surface area contributed by atoms with Gasteiger partial charge in [-0.25, -0.2) is 4.98 Å². The smallest absolute Gasteiger partial charge is 0.270 e. The highest BCUT2D eigenvalue weighted by atomic mass is 16.5. The molecule has 1 saturated heterocycles. The summed E-state index contributed by atoms with van der Waals surface area (Å²) in [7, 11) is 0. The van der Waals surface area contributed by atoms with Gasteiger partial charge in [-0.15, -0.1) is 0 Å². The fourth-order valence-electron chi connectivity index (χ4n) is 4.16. The van der Waals surface area contributed by atoms with Gasteiger partial charge in [0.25, 0.3) is 5.91 Å². The van der Waals surface area contributed by atoms with Gasteiger partial charge in [0, 0.05) is 24.8 Å². The highest BCUT2D eigenvalue weighted by Gasteiger charge is 2.30. The SMILES string of the molecule is C.CCOc1cccn2c(C(=O)N[C@H]3CCCN(C4CCC4)C3)c(C)nc12. The zero-order valence-electron chi connectivity index (χ0n) is 15.7. The van der Waals surface area contributed by atoms with Crippen molar-refractivity contribution in [3.05, 3.63) is 29.7 Å². The Morgan fingerprint density at radius 2 is 2.15 bits per heavy atom. The Morgan fingerprint density at radius 1 is 1.33 bits per heavy atom. The third-order valence-electron chi connectivity index (χ3n) is 5.68. The lowest BCUT2D eigenvalue weighted by atomic mass is 9.89. The Bertz CT molecular complexity index is 797. The summed E-state index contributed by atoms with van der Waals surface area (Å²) in [5.74, 6) is 0.676. The molecule has 0 radical (unpaired) electrons. The van der Waals surface area contributed by atoms with Gasteiger partial charge in [0.15, 0.2) is 11.4 Å². The quantitative estimate of drug-likeness (QED) is 0.874. The second-order valence-corrected chi connectivity index (χ2v) is 7.44. The van der Waals surface area contributed by atoms with Gasteiger partial charge < -0.3 is 10.1 Å². The van der Waals surface area contributed by atoms with Crippen LogP contribution in [0.5, 0.6) is 5.75 Å². The van der Waals surface area contributed by atoms with Gasteiger partial charge in [-0.3, -0.25) is 14.1 Å². The molecule has 1 atom stereocenters. The number of imidazole rings is 1. The summed E-state index contributed by atoms with van der Waals surface area (Å²) in [6.45, 7) is 6.55. The first-order valence-corrected chi connectivity index (χ1v) is 9.82. The van der Waals surface area contributed by atoms with Crippen molar-refractivity contribution in [1.29, 1.82) is 0 Å². The van der Waals surface area contributed by atoms with Crippen LogP contribution < -0.4 is 10.1 Å². The van der Waals surface area contributed by atoms with E-state index in [1.54, 1.807) is 0 Å². The number of carbonyl (C=O) groups is 1. The second kappa shape index (κ2) is 8.30. The number of nitrogens with one attached hydrogen (secondary N) is 1. The molecule has 2 aliphatic rings. The molecule has 0 unspecified atom stereocenters. The van der Waals surface area contributed by atoms with E-state index < -0.39 is 0 Å². The van der Waals surface area contributed by atoms with Crippen LogP contribution in [0.2, 0.25) is 0 Å². The lowest BCUT2D eigenvalue weighted by molar-refractivity contribution is 0.0751. The van der Waals surface area contributed by atoms with Gasteiger partial charge in [0.2, 0.25) is 0 Å². The zero-order valence-corrected chi connectivity index (χ0v) is 15.7. The maximum absolute atomic E-state index is 13.0. The highest BCUT2D eigenvalue weighted by Crippen LogP contribution is 2.27. The maximum atomic E-state index is 13.0. The summed E-state index contributed by atoms with van der Waals surface area (Å²) in [6.07, 6.45) is 8.06. The average molecular weight is 373 g/mol. The molecule has 1 saturated carbocycles. The number of likely N-dealkylation sites (tertiary alicyclic amines) is 1. The Kier molecular flexibility index (Phi) is 6.05. The minimum atomic E-state index is -0.0379. The number of aromatic nitrogens is 2. The number of nitrogens with zero attached hydrogens (tertiary/aromatic N) is 3. The molecule has 3 heterocycles. The molecule has 0 aromatic carbocycles. The molecule has 0 spiro atoms. The largest absolute Gasteiger partial charge is 0.490 e. The Balaban J connectivity index is 0.00000210. The number of fused-ring (bicyclic) bond motifs is 1. The molecule has 0 bridgehead atoms. The van der Waals surface area contributed by atoms with E-state index >= 15 is 0 Å². The van der Waals surface area contributed by atoms with E-state index in [4.69, 9.17) is 4.74 Å². The first kappa shape index (κ1) is 19.7. The molecule has 6 nitrogen and oxygen atoms in total. The number of rotatable bonds is 5. The minimum Gasteiger partial charge on any atom is -0.490 e. The van der Waals surface area contributed by atoms with E-state index in [2.05, 4.69) is 15.2 Å². The molecule has 6 heteroatoms. The van der Waals surface area contributed by atoms with E-state index in [1.807, 2.05) is 36.6 Å². The van der Waals surface area contributed by atoms with Crippen molar-refractivity contribution in [3.63, 3.8) is 0 Å². The first-order valence-electron chi connectivity index (χ1n) is 9.82. The van der Waals surface area contributed by atoms with Gasteiger partial charge in [-0.2, -0.15) is 0 Å². The number of carbonyl (C=O) groups excluding carboxylic acids is 1. The van der Waals surface area contributed by atoms with Crippen LogP contribution in [0.1, 0.15) is 62.6 Å². The zero-order chi connectivity index (χ0) is 18.1. The third kappa shape index (κ3) is 3.81. The van der Waals surface area contributed by atoms with Crippen LogP contribution in [0.4, 0.5) is 0 Å². The molecule has 27 heavy (non-hydrogen) atoms. The van der Waals surface area contributed by atoms with E-state index in [0.29, 0.717) is 23.7 Å². The van der Waals surface area contributed by atoms with Crippen molar-refractivity contribution in [3.8, 4) is 5.75 Å². The normalized spacial score (nSPS) is 20.7. The van der Waals surface area contributed by atoms with Gasteiger partial charge in [0.1, 0.15) is 5.69 Å². The molecule has 1 aliphatic heterocycles. The molecular formula is C21H32N4O2. The lowest BCUT2D eigenvalue weighted by Gasteiger charge is -2.42. The van der Waals surface area contributed by atoms with E-state index in [-0.39, 0.29) is 19.4 Å². The van der Waals surface area contributed by atoms with Crippen LogP contribution in [-0.4, -0.2) is 52.0 Å². The maximum Gasteiger partial charge on any atom is 0.270 e. The predicted octanol–water partition coefficient (Wildman–Crippen LogP) is 3.42. The minimum absolute atomic E-state index is 0. The molecule has 2 fully saturated rings. The first-order chi connectivity index (χ1) is 12.7. The van der Waals surface area contributed by atoms with Crippen LogP contribution in [0.3, 0.4) is 0 Å². The number of hydrogen-bond donors (Lipinski definition) is 1. The van der Waals surface area contributed by atoms with Crippen LogP contribution in [0.15, 0.2) is 18.3 Å². The van der Waals surface area contributed by atoms with Crippen molar-refractivity contribution >= 4 is 11.6 Å². The van der Waals surface area contributed by atoms with E-state index in [9.17, 15) is 4.79 Å². The molecule has 148 valence electrons. The third-order valence-corrected chi connectivity index (χ3v) is 5.68. The van der Waals surface area contributed by atoms with Crippen molar-refractivity contribution < 1.29 is 9.53 Å². The molecular weight excluding hydrogens is 340 g/mol. The molecule has 1 aliphatic carbocycles. The predicted molar refractivity (Wildman–Crippen MR) is 108 cm³/mol. The van der Waals surface area contributed by atoms with Crippen molar-refractivity contribution in [1.82, 2.24) is 19.6 Å². The lowest BCUT2D eigenvalue weighted by Crippen LogP contribution is -2.52. The fraction of sp³-hybridized carbons (Fsp3) is 0.619. The van der Waals surface area contributed by atoms with Gasteiger partial charge in [-0.05, 0) is 58.2 Å². The topological polar surface area (TPSA) is 58.9 Å². The standard InChI is InChI=1S/C20H28N4O2.CH4/c1-3-26-17-10-6-12-24-18(14(2)21-19(17)24)20(25)22-15-7-5-11-23(13-15)16-8-4-9-16;/h6,10,12,15-16H,3-5,7-9,11,13H2,1-2H3,(H,22,25);1H4/t15-;/m0./s1. The summed E-state index contributed by atoms with van der Waals surface area (Å²) in [5.41, 5.74) is 2.06.